The van der Waals surface area contributed by atoms with Crippen LogP contribution in [0.2, 0.25) is 0 Å². The molecule has 4 nitrogen and oxygen atoms in total. The quantitative estimate of drug-likeness (QED) is 0.847. The highest BCUT2D eigenvalue weighted by molar-refractivity contribution is 6.03. The van der Waals surface area contributed by atoms with Crippen LogP contribution in [0.3, 0.4) is 0 Å². The van der Waals surface area contributed by atoms with Gasteiger partial charge in [0.2, 0.25) is 0 Å². The SMILES string of the molecule is NCC#Cc1ccc(NC(=O)c2cccn2C2CC2)cc1. The number of nitrogens with two attached hydrogens (primary N) is 1. The Morgan fingerprint density at radius 1 is 1.29 bits per heavy atom. The minimum absolute atomic E-state index is 0.0762. The van der Waals surface area contributed by atoms with Crippen LogP contribution in [0.15, 0.2) is 42.6 Å². The van der Waals surface area contributed by atoms with Crippen LogP contribution < -0.4 is 11.1 Å². The third-order valence-electron chi connectivity index (χ3n) is 3.43. The van der Waals surface area contributed by atoms with E-state index in [2.05, 4.69) is 21.7 Å². The molecule has 21 heavy (non-hydrogen) atoms. The first-order chi connectivity index (χ1) is 10.3. The Hall–Kier alpha value is -2.51. The van der Waals surface area contributed by atoms with Gasteiger partial charge in [-0.2, -0.15) is 0 Å². The predicted octanol–water partition coefficient (Wildman–Crippen LogP) is 2.39. The van der Waals surface area contributed by atoms with Crippen molar-refractivity contribution in [3.63, 3.8) is 0 Å². The van der Waals surface area contributed by atoms with Crippen LogP contribution in [0.5, 0.6) is 0 Å². The van der Waals surface area contributed by atoms with Gasteiger partial charge in [-0.25, -0.2) is 0 Å². The second-order valence-corrected chi connectivity index (χ2v) is 5.07. The van der Waals surface area contributed by atoms with E-state index in [1.807, 2.05) is 42.6 Å². The van der Waals surface area contributed by atoms with Crippen LogP contribution in [0.4, 0.5) is 5.69 Å². The zero-order valence-electron chi connectivity index (χ0n) is 11.7. The average molecular weight is 279 g/mol. The fourth-order valence-electron chi connectivity index (χ4n) is 2.24. The highest BCUT2D eigenvalue weighted by atomic mass is 16.1. The average Bonchev–Trinajstić information content (AvgIpc) is 3.23. The molecule has 1 aromatic carbocycles. The largest absolute Gasteiger partial charge is 0.340 e. The lowest BCUT2D eigenvalue weighted by Crippen LogP contribution is -2.16. The van der Waals surface area contributed by atoms with E-state index in [0.29, 0.717) is 18.3 Å². The van der Waals surface area contributed by atoms with Gasteiger partial charge in [-0.05, 0) is 49.2 Å². The third-order valence-corrected chi connectivity index (χ3v) is 3.43. The van der Waals surface area contributed by atoms with Gasteiger partial charge in [-0.15, -0.1) is 0 Å². The van der Waals surface area contributed by atoms with Gasteiger partial charge >= 0.3 is 0 Å². The van der Waals surface area contributed by atoms with Crippen molar-refractivity contribution in [1.29, 1.82) is 0 Å². The first-order valence-electron chi connectivity index (χ1n) is 7.05. The minimum Gasteiger partial charge on any atom is -0.340 e. The topological polar surface area (TPSA) is 60.0 Å². The molecule has 1 aromatic heterocycles. The predicted molar refractivity (Wildman–Crippen MR) is 83.0 cm³/mol. The zero-order chi connectivity index (χ0) is 14.7. The fraction of sp³-hybridized carbons (Fsp3) is 0.235. The number of nitrogens with one attached hydrogen (secondary N) is 1. The molecule has 0 saturated heterocycles. The summed E-state index contributed by atoms with van der Waals surface area (Å²) in [6.45, 7) is 0.344. The van der Waals surface area contributed by atoms with Crippen molar-refractivity contribution in [2.75, 3.05) is 11.9 Å². The lowest BCUT2D eigenvalue weighted by atomic mass is 10.2. The number of carbonyl (C=O) groups excluding carboxylic acids is 1. The Labute approximate surface area is 124 Å². The molecular formula is C17H17N3O. The maximum absolute atomic E-state index is 12.3. The maximum atomic E-state index is 12.3. The van der Waals surface area contributed by atoms with Gasteiger partial charge in [0.05, 0.1) is 6.54 Å². The highest BCUT2D eigenvalue weighted by Crippen LogP contribution is 2.36. The Kier molecular flexibility index (Phi) is 3.76. The van der Waals surface area contributed by atoms with E-state index in [1.54, 1.807) is 0 Å². The van der Waals surface area contributed by atoms with Crippen LogP contribution >= 0.6 is 0 Å². The van der Waals surface area contributed by atoms with Crippen molar-refractivity contribution >= 4 is 11.6 Å². The molecule has 1 aliphatic rings. The summed E-state index contributed by atoms with van der Waals surface area (Å²) in [5, 5.41) is 2.92. The summed E-state index contributed by atoms with van der Waals surface area (Å²) in [4.78, 5) is 12.3. The number of nitrogens with zero attached hydrogens (tertiary/aromatic N) is 1. The number of benzene rings is 1. The van der Waals surface area contributed by atoms with Gasteiger partial charge in [-0.1, -0.05) is 11.8 Å². The minimum atomic E-state index is -0.0762. The van der Waals surface area contributed by atoms with E-state index < -0.39 is 0 Å². The Morgan fingerprint density at radius 2 is 2.05 bits per heavy atom. The highest BCUT2D eigenvalue weighted by Gasteiger charge is 2.26. The summed E-state index contributed by atoms with van der Waals surface area (Å²) in [6.07, 6.45) is 4.28. The molecule has 0 radical (unpaired) electrons. The summed E-state index contributed by atoms with van der Waals surface area (Å²) >= 11 is 0. The van der Waals surface area contributed by atoms with Gasteiger partial charge < -0.3 is 15.6 Å². The van der Waals surface area contributed by atoms with Crippen molar-refractivity contribution in [3.05, 3.63) is 53.9 Å². The molecule has 4 heteroatoms. The normalized spacial score (nSPS) is 13.4. The molecule has 1 aliphatic carbocycles. The number of rotatable bonds is 3. The summed E-state index contributed by atoms with van der Waals surface area (Å²) in [7, 11) is 0. The van der Waals surface area contributed by atoms with E-state index in [9.17, 15) is 4.79 Å². The van der Waals surface area contributed by atoms with E-state index >= 15 is 0 Å². The summed E-state index contributed by atoms with van der Waals surface area (Å²) in [5.41, 5.74) is 7.70. The summed E-state index contributed by atoms with van der Waals surface area (Å²) in [6, 6.07) is 11.7. The zero-order valence-corrected chi connectivity index (χ0v) is 11.7. The number of hydrogen-bond acceptors (Lipinski definition) is 2. The van der Waals surface area contributed by atoms with Gasteiger partial charge in [0.15, 0.2) is 0 Å². The van der Waals surface area contributed by atoms with E-state index in [1.165, 1.54) is 0 Å². The van der Waals surface area contributed by atoms with E-state index in [4.69, 9.17) is 5.73 Å². The standard InChI is InChI=1S/C17H17N3O/c18-11-1-3-13-5-7-14(8-6-13)19-17(21)16-4-2-12-20(16)15-9-10-15/h2,4-8,12,15H,9-11,18H2,(H,19,21). The Morgan fingerprint density at radius 3 is 2.71 bits per heavy atom. The third kappa shape index (κ3) is 3.15. The molecule has 106 valence electrons. The van der Waals surface area contributed by atoms with Crippen molar-refractivity contribution < 1.29 is 4.79 Å². The first-order valence-corrected chi connectivity index (χ1v) is 7.05. The van der Waals surface area contributed by atoms with Crippen LogP contribution in [0.1, 0.15) is 34.9 Å². The molecule has 0 spiro atoms. The molecule has 1 fully saturated rings. The molecule has 1 amide bonds. The number of anilines is 1. The van der Waals surface area contributed by atoms with Crippen molar-refractivity contribution in [1.82, 2.24) is 4.57 Å². The molecule has 1 heterocycles. The van der Waals surface area contributed by atoms with Gasteiger partial charge in [0.25, 0.3) is 5.91 Å². The van der Waals surface area contributed by atoms with Crippen LogP contribution in [0, 0.1) is 11.8 Å². The van der Waals surface area contributed by atoms with Crippen molar-refractivity contribution in [2.24, 2.45) is 5.73 Å². The van der Waals surface area contributed by atoms with E-state index in [0.717, 1.165) is 24.1 Å². The molecule has 2 aromatic rings. The summed E-state index contributed by atoms with van der Waals surface area (Å²) in [5.74, 6) is 5.68. The van der Waals surface area contributed by atoms with E-state index in [-0.39, 0.29) is 5.91 Å². The van der Waals surface area contributed by atoms with Crippen molar-refractivity contribution in [3.8, 4) is 11.8 Å². The van der Waals surface area contributed by atoms with Crippen LogP contribution in [-0.4, -0.2) is 17.0 Å². The lowest BCUT2D eigenvalue weighted by molar-refractivity contribution is 0.101. The van der Waals surface area contributed by atoms with Crippen molar-refractivity contribution in [2.45, 2.75) is 18.9 Å². The smallest absolute Gasteiger partial charge is 0.272 e. The molecule has 0 aliphatic heterocycles. The maximum Gasteiger partial charge on any atom is 0.272 e. The molecule has 0 bridgehead atoms. The molecule has 0 atom stereocenters. The fourth-order valence-corrected chi connectivity index (χ4v) is 2.24. The Bertz CT molecular complexity index is 700. The molecule has 0 unspecified atom stereocenters. The van der Waals surface area contributed by atoms with Crippen LogP contribution in [0.25, 0.3) is 0 Å². The van der Waals surface area contributed by atoms with Gasteiger partial charge in [-0.3, -0.25) is 4.79 Å². The second-order valence-electron chi connectivity index (χ2n) is 5.07. The Balaban J connectivity index is 1.71. The molecular weight excluding hydrogens is 262 g/mol. The second kappa shape index (κ2) is 5.86. The van der Waals surface area contributed by atoms with Gasteiger partial charge in [0, 0.05) is 23.5 Å². The number of hydrogen-bond donors (Lipinski definition) is 2. The molecule has 3 rings (SSSR count). The van der Waals surface area contributed by atoms with Crippen LogP contribution in [-0.2, 0) is 0 Å². The molecule has 3 N–H and O–H groups in total. The number of aromatic nitrogens is 1. The molecule has 1 saturated carbocycles. The first kappa shape index (κ1) is 13.5. The monoisotopic (exact) mass is 279 g/mol. The van der Waals surface area contributed by atoms with Gasteiger partial charge in [0.1, 0.15) is 5.69 Å². The summed E-state index contributed by atoms with van der Waals surface area (Å²) < 4.78 is 2.05. The lowest BCUT2D eigenvalue weighted by Gasteiger charge is -2.08. The number of amides is 1. The number of carbonyl (C=O) groups is 1.